The van der Waals surface area contributed by atoms with Crippen LogP contribution < -0.4 is 15.0 Å². The molecule has 7 nitrogen and oxygen atoms in total. The second-order valence-electron chi connectivity index (χ2n) is 7.56. The summed E-state index contributed by atoms with van der Waals surface area (Å²) < 4.78 is 11.4. The quantitative estimate of drug-likeness (QED) is 0.198. The number of ether oxygens (including phenoxy) is 2. The second-order valence-corrected chi connectivity index (χ2v) is 8.74. The van der Waals surface area contributed by atoms with Crippen LogP contribution in [-0.4, -0.2) is 24.5 Å². The molecule has 0 spiro atoms. The number of carbonyl (C=O) groups is 1. The topological polar surface area (TPSA) is 97.2 Å². The predicted octanol–water partition coefficient (Wildman–Crippen LogP) is 7.03. The number of thioether (sulfide) groups is 1. The van der Waals surface area contributed by atoms with Gasteiger partial charge in [-0.15, -0.1) is 4.91 Å². The number of methoxy groups -OCH3 is 2. The van der Waals surface area contributed by atoms with Crippen LogP contribution in [0.5, 0.6) is 11.5 Å². The van der Waals surface area contributed by atoms with E-state index in [2.05, 4.69) is 16.7 Å². The second kappa shape index (κ2) is 11.0. The van der Waals surface area contributed by atoms with E-state index in [1.54, 1.807) is 18.2 Å². The Balaban J connectivity index is 2.26. The van der Waals surface area contributed by atoms with E-state index in [0.29, 0.717) is 45.5 Å². The minimum absolute atomic E-state index is 0.0802. The maximum absolute atomic E-state index is 13.1. The van der Waals surface area contributed by atoms with Crippen LogP contribution in [0.1, 0.15) is 41.4 Å². The Morgan fingerprint density at radius 3 is 2.42 bits per heavy atom. The van der Waals surface area contributed by atoms with Gasteiger partial charge in [0.2, 0.25) is 5.12 Å². The van der Waals surface area contributed by atoms with Gasteiger partial charge in [0.15, 0.2) is 0 Å². The van der Waals surface area contributed by atoms with Gasteiger partial charge in [0, 0.05) is 16.4 Å². The van der Waals surface area contributed by atoms with Gasteiger partial charge in [0.25, 0.3) is 0 Å². The van der Waals surface area contributed by atoms with Crippen LogP contribution >= 0.6 is 11.8 Å². The molecule has 0 aliphatic heterocycles. The maximum atomic E-state index is 13.1. The van der Waals surface area contributed by atoms with Crippen LogP contribution in [0.4, 0.5) is 11.4 Å². The van der Waals surface area contributed by atoms with E-state index in [-0.39, 0.29) is 16.1 Å². The van der Waals surface area contributed by atoms with E-state index in [4.69, 9.17) is 9.47 Å². The number of nitrogens with one attached hydrogen (secondary N) is 1. The van der Waals surface area contributed by atoms with Gasteiger partial charge < -0.3 is 9.47 Å². The van der Waals surface area contributed by atoms with Crippen molar-refractivity contribution < 1.29 is 19.5 Å². The molecule has 1 atom stereocenters. The Labute approximate surface area is 196 Å². The lowest BCUT2D eigenvalue weighted by Gasteiger charge is -2.22. The molecule has 3 aromatic rings. The van der Waals surface area contributed by atoms with Crippen LogP contribution in [0.3, 0.4) is 0 Å². The monoisotopic (exact) mass is 466 g/mol. The zero-order valence-electron chi connectivity index (χ0n) is 18.9. The maximum Gasteiger partial charge on any atom is 0.219 e. The average Bonchev–Trinajstić information content (AvgIpc) is 2.84. The largest absolute Gasteiger partial charge is 0.496 e. The predicted molar refractivity (Wildman–Crippen MR) is 133 cm³/mol. The van der Waals surface area contributed by atoms with Crippen molar-refractivity contribution in [2.24, 2.45) is 5.18 Å². The summed E-state index contributed by atoms with van der Waals surface area (Å²) in [7, 11) is 3.00. The molecular formula is C25H26N2O5S. The summed E-state index contributed by atoms with van der Waals surface area (Å²) in [6.45, 7) is 3.99. The van der Waals surface area contributed by atoms with Crippen molar-refractivity contribution in [1.29, 1.82) is 0 Å². The molecule has 3 aromatic carbocycles. The molecule has 172 valence electrons. The highest BCUT2D eigenvalue weighted by molar-refractivity contribution is 8.14. The number of nitroso groups, excluding NO2 is 1. The highest BCUT2D eigenvalue weighted by Crippen LogP contribution is 2.50. The molecule has 33 heavy (non-hydrogen) atoms. The number of hydrogen-bond donors (Lipinski definition) is 2. The summed E-state index contributed by atoms with van der Waals surface area (Å²) >= 11 is 1.18. The molecule has 0 saturated carbocycles. The Kier molecular flexibility index (Phi) is 8.08. The summed E-state index contributed by atoms with van der Waals surface area (Å²) in [6.07, 6.45) is 2.61. The van der Waals surface area contributed by atoms with Gasteiger partial charge >= 0.3 is 0 Å². The minimum Gasteiger partial charge on any atom is -0.496 e. The number of nitrogens with zero attached hydrogens (tertiary/aromatic N) is 1. The first-order valence-electron chi connectivity index (χ1n) is 10.3. The van der Waals surface area contributed by atoms with Crippen LogP contribution in [0.25, 0.3) is 10.8 Å². The number of carbonyl (C=O) groups excluding carboxylic acids is 1. The zero-order chi connectivity index (χ0) is 24.0. The SMILES string of the molecule is COc1cc([C@@H](CC=C(C)C)SC(=O)c2ccccc2)c(OC)c2c(N=O)ccc(NO)c12. The van der Waals surface area contributed by atoms with Crippen molar-refractivity contribution in [1.82, 2.24) is 0 Å². The highest BCUT2D eigenvalue weighted by atomic mass is 32.2. The summed E-state index contributed by atoms with van der Waals surface area (Å²) in [4.78, 5) is 24.7. The molecule has 3 rings (SSSR count). The van der Waals surface area contributed by atoms with Crippen molar-refractivity contribution in [3.63, 3.8) is 0 Å². The van der Waals surface area contributed by atoms with Crippen molar-refractivity contribution in [3.8, 4) is 11.5 Å². The fourth-order valence-corrected chi connectivity index (χ4v) is 4.67. The molecule has 0 bridgehead atoms. The number of benzene rings is 3. The Morgan fingerprint density at radius 2 is 1.85 bits per heavy atom. The van der Waals surface area contributed by atoms with Crippen molar-refractivity contribution >= 4 is 39.0 Å². The average molecular weight is 467 g/mol. The van der Waals surface area contributed by atoms with Gasteiger partial charge in [-0.2, -0.15) is 0 Å². The third kappa shape index (κ3) is 5.18. The van der Waals surface area contributed by atoms with Crippen LogP contribution in [-0.2, 0) is 0 Å². The van der Waals surface area contributed by atoms with Gasteiger partial charge in [-0.1, -0.05) is 53.7 Å². The molecule has 0 aliphatic rings. The lowest BCUT2D eigenvalue weighted by Crippen LogP contribution is -2.05. The summed E-state index contributed by atoms with van der Waals surface area (Å²) in [5, 5.41) is 13.2. The van der Waals surface area contributed by atoms with E-state index >= 15 is 0 Å². The molecular weight excluding hydrogens is 440 g/mol. The van der Waals surface area contributed by atoms with Crippen LogP contribution in [0, 0.1) is 4.91 Å². The smallest absolute Gasteiger partial charge is 0.219 e. The fourth-order valence-electron chi connectivity index (χ4n) is 3.64. The molecule has 2 N–H and O–H groups in total. The fraction of sp³-hybridized carbons (Fsp3) is 0.240. The van der Waals surface area contributed by atoms with Gasteiger partial charge in [0.05, 0.1) is 30.7 Å². The number of hydrogen-bond acceptors (Lipinski definition) is 8. The number of rotatable bonds is 9. The van der Waals surface area contributed by atoms with Crippen LogP contribution in [0.2, 0.25) is 0 Å². The first-order valence-corrected chi connectivity index (χ1v) is 11.2. The van der Waals surface area contributed by atoms with Crippen molar-refractivity contribution in [2.75, 3.05) is 19.7 Å². The number of anilines is 1. The molecule has 0 heterocycles. The third-order valence-corrected chi connectivity index (χ3v) is 6.37. The van der Waals surface area contributed by atoms with Gasteiger partial charge in [-0.25, -0.2) is 0 Å². The normalized spacial score (nSPS) is 11.5. The molecule has 8 heteroatoms. The first-order chi connectivity index (χ1) is 15.9. The Morgan fingerprint density at radius 1 is 1.12 bits per heavy atom. The standard InChI is InChI=1S/C25H26N2O5S/c1-15(2)10-13-21(33-25(28)16-8-6-5-7-9-16)17-14-20(31-3)22-18(26-29)11-12-19(27-30)23(22)24(17)32-4/h5-12,14,21,26,29H,13H2,1-4H3/t21-/m1/s1. The molecule has 0 saturated heterocycles. The van der Waals surface area contributed by atoms with Crippen molar-refractivity contribution in [3.05, 3.63) is 76.2 Å². The van der Waals surface area contributed by atoms with E-state index in [0.717, 1.165) is 5.57 Å². The van der Waals surface area contributed by atoms with Crippen LogP contribution in [0.15, 0.2) is 65.4 Å². The molecule has 0 aliphatic carbocycles. The summed E-state index contributed by atoms with van der Waals surface area (Å²) in [6, 6.07) is 13.9. The van der Waals surface area contributed by atoms with E-state index < -0.39 is 0 Å². The van der Waals surface area contributed by atoms with Gasteiger partial charge in [0.1, 0.15) is 17.2 Å². The van der Waals surface area contributed by atoms with Gasteiger partial charge in [-0.05, 0) is 43.6 Å². The van der Waals surface area contributed by atoms with Gasteiger partial charge in [-0.3, -0.25) is 15.5 Å². The molecule has 0 radical (unpaired) electrons. The zero-order valence-corrected chi connectivity index (χ0v) is 19.7. The van der Waals surface area contributed by atoms with E-state index in [9.17, 15) is 14.9 Å². The van der Waals surface area contributed by atoms with E-state index in [1.807, 2.05) is 32.0 Å². The Hall–Kier alpha value is -3.36. The number of fused-ring (bicyclic) bond motifs is 1. The summed E-state index contributed by atoms with van der Waals surface area (Å²) in [5.41, 5.74) is 5.02. The first kappa shape index (κ1) is 24.3. The molecule has 0 aromatic heterocycles. The molecule has 0 unspecified atom stereocenters. The Bertz CT molecular complexity index is 1190. The third-order valence-electron chi connectivity index (χ3n) is 5.19. The lowest BCUT2D eigenvalue weighted by molar-refractivity contribution is 0.108. The van der Waals surface area contributed by atoms with Crippen molar-refractivity contribution in [2.45, 2.75) is 25.5 Å². The minimum atomic E-state index is -0.328. The number of allylic oxidation sites excluding steroid dienone is 2. The van der Waals surface area contributed by atoms with E-state index in [1.165, 1.54) is 38.1 Å². The highest BCUT2D eigenvalue weighted by Gasteiger charge is 2.26. The summed E-state index contributed by atoms with van der Waals surface area (Å²) in [5.74, 6) is 0.816. The molecule has 0 fully saturated rings. The molecule has 0 amide bonds. The lowest BCUT2D eigenvalue weighted by atomic mass is 9.97.